The Labute approximate surface area is 126 Å². The van der Waals surface area contributed by atoms with Crippen LogP contribution in [0.25, 0.3) is 0 Å². The Morgan fingerprint density at radius 2 is 1.62 bits per heavy atom. The van der Waals surface area contributed by atoms with Crippen LogP contribution < -0.4 is 20.1 Å². The molecule has 21 heavy (non-hydrogen) atoms. The highest BCUT2D eigenvalue weighted by Crippen LogP contribution is 2.28. The molecule has 0 aromatic heterocycles. The molecule has 0 aliphatic rings. The number of nitrogens with zero attached hydrogens (tertiary/aromatic N) is 1. The fourth-order valence-electron chi connectivity index (χ4n) is 2.27. The third-order valence-corrected chi connectivity index (χ3v) is 3.46. The van der Waals surface area contributed by atoms with Crippen molar-refractivity contribution in [2.24, 2.45) is 0 Å². The lowest BCUT2D eigenvalue weighted by Crippen LogP contribution is -2.21. The SMILES string of the molecule is CCN(Cc1ccc(OC)c(OC)c1)c1ccc(N)cc1. The quantitative estimate of drug-likeness (QED) is 0.828. The number of benzene rings is 2. The van der Waals surface area contributed by atoms with Gasteiger partial charge in [-0.15, -0.1) is 0 Å². The van der Waals surface area contributed by atoms with Crippen LogP contribution in [0, 0.1) is 0 Å². The minimum atomic E-state index is 0.747. The highest BCUT2D eigenvalue weighted by molar-refractivity contribution is 5.54. The van der Waals surface area contributed by atoms with Gasteiger partial charge in [0, 0.05) is 24.5 Å². The largest absolute Gasteiger partial charge is 0.493 e. The van der Waals surface area contributed by atoms with Crippen molar-refractivity contribution in [3.05, 3.63) is 48.0 Å². The van der Waals surface area contributed by atoms with Gasteiger partial charge in [-0.3, -0.25) is 0 Å². The Bertz CT molecular complexity index is 582. The number of ether oxygens (including phenoxy) is 2. The molecule has 4 heteroatoms. The van der Waals surface area contributed by atoms with Crippen LogP contribution in [0.2, 0.25) is 0 Å². The van der Waals surface area contributed by atoms with Gasteiger partial charge in [0.25, 0.3) is 0 Å². The molecule has 0 aliphatic carbocycles. The van der Waals surface area contributed by atoms with Crippen molar-refractivity contribution in [2.45, 2.75) is 13.5 Å². The summed E-state index contributed by atoms with van der Waals surface area (Å²) in [5.74, 6) is 1.50. The van der Waals surface area contributed by atoms with Crippen molar-refractivity contribution >= 4 is 11.4 Å². The molecule has 0 unspecified atom stereocenters. The molecular weight excluding hydrogens is 264 g/mol. The molecule has 0 amide bonds. The summed E-state index contributed by atoms with van der Waals surface area (Å²) in [6, 6.07) is 13.9. The van der Waals surface area contributed by atoms with Gasteiger partial charge in [-0.05, 0) is 48.9 Å². The normalized spacial score (nSPS) is 10.2. The van der Waals surface area contributed by atoms with Crippen molar-refractivity contribution in [3.63, 3.8) is 0 Å². The molecule has 2 aromatic carbocycles. The van der Waals surface area contributed by atoms with Crippen LogP contribution in [0.1, 0.15) is 12.5 Å². The summed E-state index contributed by atoms with van der Waals surface area (Å²) in [5, 5.41) is 0. The van der Waals surface area contributed by atoms with Gasteiger partial charge in [0.05, 0.1) is 14.2 Å². The van der Waals surface area contributed by atoms with Gasteiger partial charge in [-0.1, -0.05) is 6.07 Å². The summed E-state index contributed by atoms with van der Waals surface area (Å²) in [6.07, 6.45) is 0. The zero-order chi connectivity index (χ0) is 15.2. The van der Waals surface area contributed by atoms with Crippen LogP contribution in [0.5, 0.6) is 11.5 Å². The Balaban J connectivity index is 2.20. The first-order valence-electron chi connectivity index (χ1n) is 6.99. The number of rotatable bonds is 6. The van der Waals surface area contributed by atoms with Crippen LogP contribution in [0.15, 0.2) is 42.5 Å². The zero-order valence-corrected chi connectivity index (χ0v) is 12.8. The van der Waals surface area contributed by atoms with Crippen LogP contribution in [0.3, 0.4) is 0 Å². The lowest BCUT2D eigenvalue weighted by molar-refractivity contribution is 0.354. The maximum Gasteiger partial charge on any atom is 0.161 e. The Hall–Kier alpha value is -2.36. The maximum absolute atomic E-state index is 5.74. The average molecular weight is 286 g/mol. The molecule has 2 N–H and O–H groups in total. The first kappa shape index (κ1) is 15.0. The second kappa shape index (κ2) is 6.88. The van der Waals surface area contributed by atoms with Crippen molar-refractivity contribution in [2.75, 3.05) is 31.4 Å². The summed E-state index contributed by atoms with van der Waals surface area (Å²) in [4.78, 5) is 2.28. The second-order valence-corrected chi connectivity index (χ2v) is 4.80. The van der Waals surface area contributed by atoms with Crippen molar-refractivity contribution in [1.29, 1.82) is 0 Å². The molecule has 0 heterocycles. The molecule has 0 atom stereocenters. The third-order valence-electron chi connectivity index (χ3n) is 3.46. The van der Waals surface area contributed by atoms with Gasteiger partial charge in [0.1, 0.15) is 0 Å². The predicted molar refractivity (Wildman–Crippen MR) is 87.1 cm³/mol. The minimum Gasteiger partial charge on any atom is -0.493 e. The zero-order valence-electron chi connectivity index (χ0n) is 12.8. The molecule has 2 aromatic rings. The van der Waals surface area contributed by atoms with Crippen molar-refractivity contribution in [1.82, 2.24) is 0 Å². The smallest absolute Gasteiger partial charge is 0.161 e. The monoisotopic (exact) mass is 286 g/mol. The van der Waals surface area contributed by atoms with E-state index in [9.17, 15) is 0 Å². The topological polar surface area (TPSA) is 47.7 Å². The maximum atomic E-state index is 5.74. The van der Waals surface area contributed by atoms with Gasteiger partial charge < -0.3 is 20.1 Å². The summed E-state index contributed by atoms with van der Waals surface area (Å²) < 4.78 is 10.6. The fraction of sp³-hybridized carbons (Fsp3) is 0.294. The van der Waals surface area contributed by atoms with Crippen LogP contribution in [0.4, 0.5) is 11.4 Å². The van der Waals surface area contributed by atoms with E-state index in [-0.39, 0.29) is 0 Å². The first-order chi connectivity index (χ1) is 10.2. The first-order valence-corrected chi connectivity index (χ1v) is 6.99. The third kappa shape index (κ3) is 3.60. The Morgan fingerprint density at radius 1 is 0.952 bits per heavy atom. The fourth-order valence-corrected chi connectivity index (χ4v) is 2.27. The van der Waals surface area contributed by atoms with Crippen LogP contribution >= 0.6 is 0 Å². The summed E-state index contributed by atoms with van der Waals surface area (Å²) in [6.45, 7) is 3.86. The second-order valence-electron chi connectivity index (χ2n) is 4.80. The Kier molecular flexibility index (Phi) is 4.93. The lowest BCUT2D eigenvalue weighted by Gasteiger charge is -2.24. The van der Waals surface area contributed by atoms with E-state index in [1.165, 1.54) is 5.56 Å². The molecule has 0 saturated heterocycles. The summed E-state index contributed by atoms with van der Waals surface area (Å²) >= 11 is 0. The van der Waals surface area contributed by atoms with Crippen LogP contribution in [-0.2, 0) is 6.54 Å². The van der Waals surface area contributed by atoms with E-state index in [0.717, 1.165) is 36.0 Å². The number of nitrogen functional groups attached to an aromatic ring is 1. The molecule has 0 saturated carbocycles. The van der Waals surface area contributed by atoms with Gasteiger partial charge >= 0.3 is 0 Å². The highest BCUT2D eigenvalue weighted by atomic mass is 16.5. The molecular formula is C17H22N2O2. The number of nitrogens with two attached hydrogens (primary N) is 1. The number of hydrogen-bond acceptors (Lipinski definition) is 4. The van der Waals surface area contributed by atoms with Gasteiger partial charge in [-0.2, -0.15) is 0 Å². The molecule has 2 rings (SSSR count). The molecule has 0 aliphatic heterocycles. The minimum absolute atomic E-state index is 0.747. The molecule has 4 nitrogen and oxygen atoms in total. The van der Waals surface area contributed by atoms with E-state index in [1.54, 1.807) is 14.2 Å². The van der Waals surface area contributed by atoms with E-state index in [0.29, 0.717) is 0 Å². The van der Waals surface area contributed by atoms with Crippen molar-refractivity contribution < 1.29 is 9.47 Å². The lowest BCUT2D eigenvalue weighted by atomic mass is 10.1. The van der Waals surface area contributed by atoms with Gasteiger partial charge in [0.2, 0.25) is 0 Å². The summed E-state index contributed by atoms with van der Waals surface area (Å²) in [5.41, 5.74) is 8.85. The average Bonchev–Trinajstić information content (AvgIpc) is 2.53. The number of anilines is 2. The van der Waals surface area contributed by atoms with E-state index >= 15 is 0 Å². The van der Waals surface area contributed by atoms with E-state index in [1.807, 2.05) is 36.4 Å². The van der Waals surface area contributed by atoms with Gasteiger partial charge in [-0.25, -0.2) is 0 Å². The highest BCUT2D eigenvalue weighted by Gasteiger charge is 2.09. The molecule has 0 radical (unpaired) electrons. The van der Waals surface area contributed by atoms with E-state index in [2.05, 4.69) is 17.9 Å². The number of methoxy groups -OCH3 is 2. The molecule has 0 bridgehead atoms. The van der Waals surface area contributed by atoms with Gasteiger partial charge in [0.15, 0.2) is 11.5 Å². The molecule has 0 fully saturated rings. The molecule has 112 valence electrons. The Morgan fingerprint density at radius 3 is 2.19 bits per heavy atom. The summed E-state index contributed by atoms with van der Waals surface area (Å²) in [7, 11) is 3.30. The van der Waals surface area contributed by atoms with E-state index in [4.69, 9.17) is 15.2 Å². The predicted octanol–water partition coefficient (Wildman–Crippen LogP) is 3.31. The van der Waals surface area contributed by atoms with Crippen molar-refractivity contribution in [3.8, 4) is 11.5 Å². The number of hydrogen-bond donors (Lipinski definition) is 1. The standard InChI is InChI=1S/C17H22N2O2/c1-4-19(15-8-6-14(18)7-9-15)12-13-5-10-16(20-2)17(11-13)21-3/h5-11H,4,12,18H2,1-3H3. The van der Waals surface area contributed by atoms with Crippen LogP contribution in [-0.4, -0.2) is 20.8 Å². The molecule has 0 spiro atoms. The van der Waals surface area contributed by atoms with E-state index < -0.39 is 0 Å².